The highest BCUT2D eigenvalue weighted by atomic mass is 16.3. The molecule has 0 fully saturated rings. The number of fused-ring (bicyclic) bond motifs is 4. The first-order valence-corrected chi connectivity index (χ1v) is 19.7. The van der Waals surface area contributed by atoms with Gasteiger partial charge < -0.3 is 8.83 Å². The van der Waals surface area contributed by atoms with Gasteiger partial charge in [0.25, 0.3) is 0 Å². The van der Waals surface area contributed by atoms with Gasteiger partial charge in [0.1, 0.15) is 22.7 Å². The zero-order valence-corrected chi connectivity index (χ0v) is 32.1. The lowest BCUT2D eigenvalue weighted by molar-refractivity contribution is 0.522. The van der Waals surface area contributed by atoms with Crippen molar-refractivity contribution >= 4 is 43.5 Å². The van der Waals surface area contributed by atoms with E-state index in [4.69, 9.17) is 8.83 Å². The lowest BCUT2D eigenvalue weighted by Crippen LogP contribution is -1.91. The van der Waals surface area contributed by atoms with E-state index in [1.54, 1.807) is 0 Å². The molecule has 2 heterocycles. The molecule has 0 spiro atoms. The van der Waals surface area contributed by atoms with Crippen LogP contribution < -0.4 is 0 Å². The second-order valence-electron chi connectivity index (χ2n) is 15.5. The molecule has 0 atom stereocenters. The van der Waals surface area contributed by atoms with Crippen LogP contribution in [-0.4, -0.2) is 0 Å². The number of rotatable bonds is 7. The summed E-state index contributed by atoms with van der Waals surface area (Å²) in [7, 11) is 0. The maximum Gasteiger partial charge on any atom is 0.144 e. The third-order valence-corrected chi connectivity index (χ3v) is 11.3. The second kappa shape index (κ2) is 13.6. The molecule has 0 aliphatic rings. The standard InChI is InChI=1S/C54H42O2/c1-33(2)51-45(38-18-7-5-8-19-38)49-47(40-29-27-37(28-30-40)44-25-15-23-36-17-13-14-24-43(36)44)53-50(46(52(55-53)34(3)4)39-20-9-6-10-21-39)48(54(49)56-51)42-31-26-35-16-11-12-22-41(35)32-42/h5-34H,1-4H3. The van der Waals surface area contributed by atoms with E-state index in [1.807, 2.05) is 0 Å². The van der Waals surface area contributed by atoms with Gasteiger partial charge in [-0.3, -0.25) is 0 Å². The Morgan fingerprint density at radius 1 is 0.339 bits per heavy atom. The van der Waals surface area contributed by atoms with Crippen LogP contribution in [0.5, 0.6) is 0 Å². The molecule has 270 valence electrons. The van der Waals surface area contributed by atoms with Crippen LogP contribution in [0.4, 0.5) is 0 Å². The van der Waals surface area contributed by atoms with Gasteiger partial charge >= 0.3 is 0 Å². The molecule has 2 heteroatoms. The van der Waals surface area contributed by atoms with Crippen molar-refractivity contribution in [1.29, 1.82) is 0 Å². The molecule has 0 amide bonds. The lowest BCUT2D eigenvalue weighted by Gasteiger charge is -2.15. The zero-order valence-electron chi connectivity index (χ0n) is 32.1. The molecule has 0 radical (unpaired) electrons. The van der Waals surface area contributed by atoms with E-state index in [2.05, 4.69) is 198 Å². The number of hydrogen-bond donors (Lipinski definition) is 0. The van der Waals surface area contributed by atoms with Gasteiger partial charge in [-0.25, -0.2) is 0 Å². The monoisotopic (exact) mass is 722 g/mol. The largest absolute Gasteiger partial charge is 0.459 e. The Bertz CT molecular complexity index is 3040. The van der Waals surface area contributed by atoms with Gasteiger partial charge in [0.2, 0.25) is 0 Å². The Kier molecular flexibility index (Phi) is 8.22. The molecule has 0 aliphatic carbocycles. The SMILES string of the molecule is CC(C)c1oc2c(-c3ccc4ccccc4c3)c3c(-c4ccccc4)c(C(C)C)oc3c(-c3ccc(-c4cccc5ccccc45)cc3)c2c1-c1ccccc1. The van der Waals surface area contributed by atoms with Crippen molar-refractivity contribution in [3.63, 3.8) is 0 Å². The van der Waals surface area contributed by atoms with Crippen molar-refractivity contribution in [2.24, 2.45) is 0 Å². The summed E-state index contributed by atoms with van der Waals surface area (Å²) in [5, 5.41) is 7.04. The predicted molar refractivity (Wildman–Crippen MR) is 236 cm³/mol. The number of benzene rings is 8. The number of furan rings is 2. The molecule has 2 nitrogen and oxygen atoms in total. The van der Waals surface area contributed by atoms with Crippen LogP contribution >= 0.6 is 0 Å². The molecule has 0 N–H and O–H groups in total. The summed E-state index contributed by atoms with van der Waals surface area (Å²) in [6.07, 6.45) is 0. The number of hydrogen-bond acceptors (Lipinski definition) is 2. The van der Waals surface area contributed by atoms with E-state index < -0.39 is 0 Å². The van der Waals surface area contributed by atoms with Crippen LogP contribution in [0.3, 0.4) is 0 Å². The molecular weight excluding hydrogens is 681 g/mol. The van der Waals surface area contributed by atoms with E-state index in [1.165, 1.54) is 32.7 Å². The average molecular weight is 723 g/mol. The van der Waals surface area contributed by atoms with Gasteiger partial charge in [-0.1, -0.05) is 191 Å². The first-order chi connectivity index (χ1) is 27.5. The lowest BCUT2D eigenvalue weighted by atomic mass is 9.85. The summed E-state index contributed by atoms with van der Waals surface area (Å²) in [5.41, 5.74) is 13.0. The molecule has 2 aromatic heterocycles. The second-order valence-corrected chi connectivity index (χ2v) is 15.5. The van der Waals surface area contributed by atoms with Crippen LogP contribution in [0.15, 0.2) is 179 Å². The van der Waals surface area contributed by atoms with E-state index in [9.17, 15) is 0 Å². The first-order valence-electron chi connectivity index (χ1n) is 19.7. The highest BCUT2D eigenvalue weighted by Crippen LogP contribution is 2.55. The molecule has 10 aromatic rings. The summed E-state index contributed by atoms with van der Waals surface area (Å²) in [4.78, 5) is 0. The molecule has 0 bridgehead atoms. The minimum absolute atomic E-state index is 0.134. The van der Waals surface area contributed by atoms with Crippen LogP contribution in [-0.2, 0) is 0 Å². The summed E-state index contributed by atoms with van der Waals surface area (Å²) in [5.74, 6) is 2.21. The fraction of sp³-hybridized carbons (Fsp3) is 0.111. The fourth-order valence-corrected chi connectivity index (χ4v) is 8.74. The van der Waals surface area contributed by atoms with Gasteiger partial charge in [-0.2, -0.15) is 0 Å². The summed E-state index contributed by atoms with van der Waals surface area (Å²) < 4.78 is 14.7. The Hall–Kier alpha value is -6.64. The van der Waals surface area contributed by atoms with Crippen LogP contribution in [0.25, 0.3) is 99.1 Å². The molecule has 10 rings (SSSR count). The molecule has 0 unspecified atom stereocenters. The van der Waals surface area contributed by atoms with Crippen molar-refractivity contribution in [2.75, 3.05) is 0 Å². The average Bonchev–Trinajstić information content (AvgIpc) is 3.84. The van der Waals surface area contributed by atoms with Gasteiger partial charge in [0.05, 0.1) is 0 Å². The Morgan fingerprint density at radius 3 is 1.38 bits per heavy atom. The van der Waals surface area contributed by atoms with E-state index in [0.29, 0.717) is 0 Å². The predicted octanol–water partition coefficient (Wildman–Crippen LogP) is 16.1. The van der Waals surface area contributed by atoms with E-state index >= 15 is 0 Å². The van der Waals surface area contributed by atoms with Gasteiger partial charge in [0.15, 0.2) is 0 Å². The molecule has 8 aromatic carbocycles. The minimum atomic E-state index is 0.134. The van der Waals surface area contributed by atoms with Gasteiger partial charge in [-0.05, 0) is 61.0 Å². The maximum absolute atomic E-state index is 7.35. The highest BCUT2D eigenvalue weighted by molar-refractivity contribution is 6.26. The molecular formula is C54H42O2. The Morgan fingerprint density at radius 2 is 0.786 bits per heavy atom. The van der Waals surface area contributed by atoms with Crippen LogP contribution in [0.2, 0.25) is 0 Å². The van der Waals surface area contributed by atoms with Crippen LogP contribution in [0, 0.1) is 0 Å². The summed E-state index contributed by atoms with van der Waals surface area (Å²) in [6.45, 7) is 8.92. The Labute approximate surface area is 327 Å². The van der Waals surface area contributed by atoms with Gasteiger partial charge in [-0.15, -0.1) is 0 Å². The van der Waals surface area contributed by atoms with Crippen molar-refractivity contribution in [2.45, 2.75) is 39.5 Å². The van der Waals surface area contributed by atoms with Crippen molar-refractivity contribution in [3.8, 4) is 55.6 Å². The van der Waals surface area contributed by atoms with Crippen molar-refractivity contribution in [1.82, 2.24) is 0 Å². The van der Waals surface area contributed by atoms with Crippen molar-refractivity contribution < 1.29 is 8.83 Å². The third-order valence-electron chi connectivity index (χ3n) is 11.3. The van der Waals surface area contributed by atoms with Crippen molar-refractivity contribution in [3.05, 3.63) is 181 Å². The topological polar surface area (TPSA) is 26.3 Å². The maximum atomic E-state index is 7.35. The van der Waals surface area contributed by atoms with Crippen LogP contribution in [0.1, 0.15) is 51.1 Å². The molecule has 56 heavy (non-hydrogen) atoms. The molecule has 0 aliphatic heterocycles. The normalized spacial score (nSPS) is 11.9. The quantitative estimate of drug-likeness (QED) is 0.164. The highest BCUT2D eigenvalue weighted by Gasteiger charge is 2.32. The zero-order chi connectivity index (χ0) is 37.9. The molecule has 0 saturated carbocycles. The first kappa shape index (κ1) is 33.9. The third kappa shape index (κ3) is 5.47. The Balaban J connectivity index is 1.38. The molecule has 0 saturated heterocycles. The summed E-state index contributed by atoms with van der Waals surface area (Å²) >= 11 is 0. The van der Waals surface area contributed by atoms with E-state index in [0.717, 1.165) is 78.0 Å². The minimum Gasteiger partial charge on any atom is -0.459 e. The summed E-state index contributed by atoms with van der Waals surface area (Å²) in [6, 6.07) is 61.1. The smallest absolute Gasteiger partial charge is 0.144 e. The van der Waals surface area contributed by atoms with Gasteiger partial charge in [0, 0.05) is 44.9 Å². The van der Waals surface area contributed by atoms with E-state index in [-0.39, 0.29) is 11.8 Å². The fourth-order valence-electron chi connectivity index (χ4n) is 8.74.